The van der Waals surface area contributed by atoms with Gasteiger partial charge in [0.15, 0.2) is 0 Å². The van der Waals surface area contributed by atoms with E-state index >= 15 is 0 Å². The molecule has 0 spiro atoms. The summed E-state index contributed by atoms with van der Waals surface area (Å²) in [5.41, 5.74) is 0. The van der Waals surface area contributed by atoms with E-state index in [1.807, 2.05) is 7.05 Å². The van der Waals surface area contributed by atoms with Crippen LogP contribution in [0.3, 0.4) is 0 Å². The highest BCUT2D eigenvalue weighted by Crippen LogP contribution is 2.27. The summed E-state index contributed by atoms with van der Waals surface area (Å²) in [6, 6.07) is 0.418. The fraction of sp³-hybridized carbons (Fsp3) is 0.929. The summed E-state index contributed by atoms with van der Waals surface area (Å²) in [6.07, 6.45) is 4.54. The summed E-state index contributed by atoms with van der Waals surface area (Å²) >= 11 is 0. The van der Waals surface area contributed by atoms with Crippen molar-refractivity contribution in [1.82, 2.24) is 4.90 Å². The van der Waals surface area contributed by atoms with Crippen LogP contribution in [0, 0.1) is 5.92 Å². The first-order valence-electron chi connectivity index (χ1n) is 7.27. The van der Waals surface area contributed by atoms with E-state index in [9.17, 15) is 9.90 Å². The van der Waals surface area contributed by atoms with Gasteiger partial charge in [0.2, 0.25) is 0 Å². The van der Waals surface area contributed by atoms with E-state index < -0.39 is 11.9 Å². The van der Waals surface area contributed by atoms with Crippen molar-refractivity contribution in [2.45, 2.75) is 50.8 Å². The van der Waals surface area contributed by atoms with E-state index in [1.165, 1.54) is 0 Å². The van der Waals surface area contributed by atoms with Crippen LogP contribution in [0.15, 0.2) is 0 Å². The van der Waals surface area contributed by atoms with E-state index in [2.05, 4.69) is 11.8 Å². The molecule has 2 fully saturated rings. The van der Waals surface area contributed by atoms with Gasteiger partial charge in [0.25, 0.3) is 0 Å². The molecule has 2 heterocycles. The maximum Gasteiger partial charge on any atom is 0.310 e. The largest absolute Gasteiger partial charge is 0.481 e. The highest BCUT2D eigenvalue weighted by atomic mass is 16.5. The Bertz CT molecular complexity index is 308. The van der Waals surface area contributed by atoms with E-state index in [4.69, 9.17) is 9.47 Å². The maximum absolute atomic E-state index is 11.2. The molecule has 5 nitrogen and oxygen atoms in total. The smallest absolute Gasteiger partial charge is 0.310 e. The van der Waals surface area contributed by atoms with E-state index in [1.54, 1.807) is 0 Å². The number of nitrogens with zero attached hydrogens (tertiary/aromatic N) is 1. The van der Waals surface area contributed by atoms with Crippen LogP contribution >= 0.6 is 0 Å². The Morgan fingerprint density at radius 3 is 2.89 bits per heavy atom. The number of hydrogen-bond donors (Lipinski definition) is 1. The molecule has 0 bridgehead atoms. The number of likely N-dealkylation sites (N-methyl/N-ethyl adjacent to an activating group) is 1. The molecule has 0 aromatic carbocycles. The Morgan fingerprint density at radius 2 is 2.21 bits per heavy atom. The Labute approximate surface area is 114 Å². The average Bonchev–Trinajstić information content (AvgIpc) is 2.88. The van der Waals surface area contributed by atoms with Crippen LogP contribution in [0.2, 0.25) is 0 Å². The molecule has 2 rings (SSSR count). The van der Waals surface area contributed by atoms with Crippen LogP contribution in [0.1, 0.15) is 32.6 Å². The molecule has 1 N–H and O–H groups in total. The van der Waals surface area contributed by atoms with Crippen molar-refractivity contribution in [1.29, 1.82) is 0 Å². The lowest BCUT2D eigenvalue weighted by atomic mass is 9.95. The normalized spacial score (nSPS) is 35.7. The van der Waals surface area contributed by atoms with Gasteiger partial charge in [-0.25, -0.2) is 0 Å². The number of hydrogen-bond acceptors (Lipinski definition) is 4. The average molecular weight is 271 g/mol. The molecule has 0 saturated carbocycles. The van der Waals surface area contributed by atoms with Crippen LogP contribution in [0.5, 0.6) is 0 Å². The van der Waals surface area contributed by atoms with E-state index in [0.717, 1.165) is 32.3 Å². The topological polar surface area (TPSA) is 59.0 Å². The molecule has 2 aliphatic rings. The summed E-state index contributed by atoms with van der Waals surface area (Å²) in [5.74, 6) is -1.14. The van der Waals surface area contributed by atoms with Gasteiger partial charge >= 0.3 is 5.97 Å². The van der Waals surface area contributed by atoms with Crippen LogP contribution in [-0.4, -0.2) is 61.0 Å². The molecule has 5 heteroatoms. The van der Waals surface area contributed by atoms with Gasteiger partial charge in [0.05, 0.1) is 25.2 Å². The van der Waals surface area contributed by atoms with Crippen LogP contribution in [0.4, 0.5) is 0 Å². The first-order valence-corrected chi connectivity index (χ1v) is 7.27. The minimum absolute atomic E-state index is 0.00266. The Morgan fingerprint density at radius 1 is 1.42 bits per heavy atom. The third kappa shape index (κ3) is 3.46. The monoisotopic (exact) mass is 271 g/mol. The highest BCUT2D eigenvalue weighted by molar-refractivity contribution is 5.71. The summed E-state index contributed by atoms with van der Waals surface area (Å²) in [6.45, 7) is 3.82. The lowest BCUT2D eigenvalue weighted by Crippen LogP contribution is -2.49. The summed E-state index contributed by atoms with van der Waals surface area (Å²) in [4.78, 5) is 13.5. The van der Waals surface area contributed by atoms with Crippen molar-refractivity contribution in [3.8, 4) is 0 Å². The first kappa shape index (κ1) is 14.8. The highest BCUT2D eigenvalue weighted by Gasteiger charge is 2.39. The second kappa shape index (κ2) is 6.68. The third-order valence-corrected chi connectivity index (χ3v) is 4.42. The standard InChI is InChI=1S/C14H25NO4/c1-3-4-11-7-10(5-6-19-11)15(2)13-9-18-8-12(13)14(16)17/h10-13H,3-9H2,1-2H3,(H,16,17). The molecule has 0 aromatic heterocycles. The molecular formula is C14H25NO4. The van der Waals surface area contributed by atoms with Gasteiger partial charge in [-0.15, -0.1) is 0 Å². The van der Waals surface area contributed by atoms with Crippen molar-refractivity contribution < 1.29 is 19.4 Å². The molecule has 0 aliphatic carbocycles. The molecule has 4 unspecified atom stereocenters. The van der Waals surface area contributed by atoms with Crippen LogP contribution < -0.4 is 0 Å². The van der Waals surface area contributed by atoms with Gasteiger partial charge in [-0.3, -0.25) is 9.69 Å². The molecular weight excluding hydrogens is 246 g/mol. The predicted octanol–water partition coefficient (Wildman–Crippen LogP) is 1.37. The zero-order valence-corrected chi connectivity index (χ0v) is 11.9. The molecule has 0 amide bonds. The number of carbonyl (C=O) groups is 1. The van der Waals surface area contributed by atoms with Gasteiger partial charge in [0, 0.05) is 18.7 Å². The van der Waals surface area contributed by atoms with Gasteiger partial charge in [-0.1, -0.05) is 13.3 Å². The predicted molar refractivity (Wildman–Crippen MR) is 71.2 cm³/mol. The molecule has 0 radical (unpaired) electrons. The SMILES string of the molecule is CCCC1CC(N(C)C2COCC2C(=O)O)CCO1. The lowest BCUT2D eigenvalue weighted by Gasteiger charge is -2.39. The Hall–Kier alpha value is -0.650. The quantitative estimate of drug-likeness (QED) is 0.818. The number of carboxylic acid groups (broad SMARTS) is 1. The molecule has 19 heavy (non-hydrogen) atoms. The minimum Gasteiger partial charge on any atom is -0.481 e. The fourth-order valence-corrected chi connectivity index (χ4v) is 3.20. The second-order valence-corrected chi connectivity index (χ2v) is 5.67. The van der Waals surface area contributed by atoms with Crippen molar-refractivity contribution in [2.75, 3.05) is 26.9 Å². The van der Waals surface area contributed by atoms with Crippen molar-refractivity contribution >= 4 is 5.97 Å². The molecule has 110 valence electrons. The maximum atomic E-state index is 11.2. The second-order valence-electron chi connectivity index (χ2n) is 5.67. The number of rotatable bonds is 5. The number of ether oxygens (including phenoxy) is 2. The number of aliphatic carboxylic acids is 1. The first-order chi connectivity index (χ1) is 9.13. The third-order valence-electron chi connectivity index (χ3n) is 4.42. The van der Waals surface area contributed by atoms with Crippen LogP contribution in [-0.2, 0) is 14.3 Å². The summed E-state index contributed by atoms with van der Waals surface area (Å²) < 4.78 is 11.1. The van der Waals surface area contributed by atoms with Gasteiger partial charge in [-0.2, -0.15) is 0 Å². The molecule has 4 atom stereocenters. The summed E-state index contributed by atoms with van der Waals surface area (Å²) in [7, 11) is 2.04. The lowest BCUT2D eigenvalue weighted by molar-refractivity contribution is -0.143. The molecule has 0 aromatic rings. The molecule has 2 saturated heterocycles. The van der Waals surface area contributed by atoms with Gasteiger partial charge < -0.3 is 14.6 Å². The van der Waals surface area contributed by atoms with Crippen molar-refractivity contribution in [2.24, 2.45) is 5.92 Å². The van der Waals surface area contributed by atoms with E-state index in [-0.39, 0.29) is 6.04 Å². The van der Waals surface area contributed by atoms with Gasteiger partial charge in [-0.05, 0) is 26.3 Å². The zero-order valence-electron chi connectivity index (χ0n) is 11.9. The van der Waals surface area contributed by atoms with Gasteiger partial charge in [0.1, 0.15) is 0 Å². The van der Waals surface area contributed by atoms with Crippen LogP contribution in [0.25, 0.3) is 0 Å². The number of carboxylic acids is 1. The zero-order chi connectivity index (χ0) is 13.8. The Kier molecular flexibility index (Phi) is 5.19. The van der Waals surface area contributed by atoms with Crippen molar-refractivity contribution in [3.05, 3.63) is 0 Å². The summed E-state index contributed by atoms with van der Waals surface area (Å²) in [5, 5.41) is 9.24. The Balaban J connectivity index is 1.94. The molecule has 2 aliphatic heterocycles. The van der Waals surface area contributed by atoms with E-state index in [0.29, 0.717) is 25.4 Å². The van der Waals surface area contributed by atoms with Crippen molar-refractivity contribution in [3.63, 3.8) is 0 Å². The minimum atomic E-state index is -0.744. The fourth-order valence-electron chi connectivity index (χ4n) is 3.20.